The second-order valence-corrected chi connectivity index (χ2v) is 4.17. The van der Waals surface area contributed by atoms with Crippen molar-refractivity contribution in [1.82, 2.24) is 0 Å². The highest BCUT2D eigenvalue weighted by Crippen LogP contribution is 2.35. The van der Waals surface area contributed by atoms with Crippen LogP contribution in [-0.2, 0) is 9.53 Å². The van der Waals surface area contributed by atoms with E-state index in [1.165, 1.54) is 6.92 Å². The Labute approximate surface area is 109 Å². The summed E-state index contributed by atoms with van der Waals surface area (Å²) in [7, 11) is 0. The van der Waals surface area contributed by atoms with E-state index in [2.05, 4.69) is 4.74 Å². The summed E-state index contributed by atoms with van der Waals surface area (Å²) in [6.45, 7) is 4.90. The van der Waals surface area contributed by atoms with E-state index in [1.807, 2.05) is 0 Å². The summed E-state index contributed by atoms with van der Waals surface area (Å²) in [6, 6.07) is 1.78. The van der Waals surface area contributed by atoms with Gasteiger partial charge in [-0.15, -0.1) is 0 Å². The van der Waals surface area contributed by atoms with Gasteiger partial charge < -0.3 is 20.1 Å². The van der Waals surface area contributed by atoms with Crippen LogP contribution in [0.1, 0.15) is 31.1 Å². The average Bonchev–Trinajstić information content (AvgIpc) is 2.33. The van der Waals surface area contributed by atoms with Gasteiger partial charge in [-0.25, -0.2) is 9.59 Å². The van der Waals surface area contributed by atoms with Crippen LogP contribution in [-0.4, -0.2) is 27.3 Å². The SMILES string of the molecule is CC(C)=C(C)C(=O)OC(=O)c1cc(O)c(O)c(O)c1. The molecule has 19 heavy (non-hydrogen) atoms. The summed E-state index contributed by atoms with van der Waals surface area (Å²) in [4.78, 5) is 23.2. The number of carbonyl (C=O) groups excluding carboxylic acids is 2. The van der Waals surface area contributed by atoms with E-state index >= 15 is 0 Å². The van der Waals surface area contributed by atoms with E-state index in [4.69, 9.17) is 5.11 Å². The molecule has 0 aliphatic rings. The molecular weight excluding hydrogens is 252 g/mol. The lowest BCUT2D eigenvalue weighted by atomic mass is 10.1. The molecule has 0 aliphatic carbocycles. The normalized spacial score (nSPS) is 9.84. The molecule has 102 valence electrons. The van der Waals surface area contributed by atoms with Crippen molar-refractivity contribution >= 4 is 11.9 Å². The molecule has 0 aromatic heterocycles. The molecule has 0 heterocycles. The standard InChI is InChI=1S/C13H14O6/c1-6(2)7(3)12(17)19-13(18)8-4-9(14)11(16)10(15)5-8/h4-5,14-16H,1-3H3. The van der Waals surface area contributed by atoms with Crippen LogP contribution in [0.5, 0.6) is 17.2 Å². The molecule has 0 aliphatic heterocycles. The van der Waals surface area contributed by atoms with Crippen LogP contribution >= 0.6 is 0 Å². The Kier molecular flexibility index (Phi) is 4.16. The van der Waals surface area contributed by atoms with Crippen molar-refractivity contribution in [2.45, 2.75) is 20.8 Å². The number of esters is 2. The molecule has 0 saturated carbocycles. The van der Waals surface area contributed by atoms with Gasteiger partial charge in [-0.2, -0.15) is 0 Å². The predicted molar refractivity (Wildman–Crippen MR) is 65.9 cm³/mol. The number of benzene rings is 1. The topological polar surface area (TPSA) is 104 Å². The Morgan fingerprint density at radius 1 is 1.00 bits per heavy atom. The molecule has 6 heteroatoms. The number of allylic oxidation sites excluding steroid dienone is 1. The molecule has 6 nitrogen and oxygen atoms in total. The monoisotopic (exact) mass is 266 g/mol. The third-order valence-electron chi connectivity index (χ3n) is 2.55. The molecule has 0 radical (unpaired) electrons. The first-order chi connectivity index (χ1) is 8.73. The summed E-state index contributed by atoms with van der Waals surface area (Å²) >= 11 is 0. The fraction of sp³-hybridized carbons (Fsp3) is 0.231. The van der Waals surface area contributed by atoms with Gasteiger partial charge in [0.05, 0.1) is 5.56 Å². The number of phenols is 3. The third kappa shape index (κ3) is 3.25. The van der Waals surface area contributed by atoms with E-state index < -0.39 is 29.2 Å². The van der Waals surface area contributed by atoms with Crippen LogP contribution in [0.4, 0.5) is 0 Å². The van der Waals surface area contributed by atoms with Crippen molar-refractivity contribution in [3.8, 4) is 17.2 Å². The molecule has 1 aromatic carbocycles. The predicted octanol–water partition coefficient (Wildman–Crippen LogP) is 1.84. The van der Waals surface area contributed by atoms with Gasteiger partial charge in [0.2, 0.25) is 0 Å². The Morgan fingerprint density at radius 3 is 1.89 bits per heavy atom. The maximum absolute atomic E-state index is 11.6. The minimum atomic E-state index is -1.03. The molecule has 1 aromatic rings. The smallest absolute Gasteiger partial charge is 0.346 e. The summed E-state index contributed by atoms with van der Waals surface area (Å²) < 4.78 is 4.57. The van der Waals surface area contributed by atoms with E-state index in [0.29, 0.717) is 11.1 Å². The molecule has 1 rings (SSSR count). The fourth-order valence-corrected chi connectivity index (χ4v) is 1.15. The van der Waals surface area contributed by atoms with Gasteiger partial charge in [-0.1, -0.05) is 5.57 Å². The maximum atomic E-state index is 11.6. The van der Waals surface area contributed by atoms with Crippen LogP contribution in [0.15, 0.2) is 23.3 Å². The minimum absolute atomic E-state index is 0.247. The Bertz CT molecular complexity index is 543. The largest absolute Gasteiger partial charge is 0.504 e. The number of phenolic OH excluding ortho intramolecular Hbond substituents is 3. The zero-order chi connectivity index (χ0) is 14.7. The van der Waals surface area contributed by atoms with Crippen LogP contribution in [0, 0.1) is 0 Å². The first-order valence-corrected chi connectivity index (χ1v) is 5.39. The lowest BCUT2D eigenvalue weighted by molar-refractivity contribution is -0.133. The molecule has 0 atom stereocenters. The summed E-state index contributed by atoms with van der Waals surface area (Å²) in [6.07, 6.45) is 0. The molecule has 0 bridgehead atoms. The van der Waals surface area contributed by atoms with Gasteiger partial charge in [-0.3, -0.25) is 0 Å². The van der Waals surface area contributed by atoms with Crippen LogP contribution in [0.25, 0.3) is 0 Å². The highest BCUT2D eigenvalue weighted by Gasteiger charge is 2.18. The first kappa shape index (κ1) is 14.6. The maximum Gasteiger partial charge on any atom is 0.346 e. The average molecular weight is 266 g/mol. The number of hydrogen-bond donors (Lipinski definition) is 3. The number of rotatable bonds is 2. The molecule has 0 spiro atoms. The van der Waals surface area contributed by atoms with Gasteiger partial charge in [0.1, 0.15) is 0 Å². The van der Waals surface area contributed by atoms with Gasteiger partial charge in [0, 0.05) is 5.57 Å². The summed E-state index contributed by atoms with van der Waals surface area (Å²) in [5, 5.41) is 27.6. The van der Waals surface area contributed by atoms with Crippen LogP contribution in [0.2, 0.25) is 0 Å². The number of ether oxygens (including phenoxy) is 1. The lowest BCUT2D eigenvalue weighted by Gasteiger charge is -2.06. The highest BCUT2D eigenvalue weighted by molar-refractivity contribution is 6.02. The van der Waals surface area contributed by atoms with Gasteiger partial charge >= 0.3 is 11.9 Å². The Hall–Kier alpha value is -2.50. The first-order valence-electron chi connectivity index (χ1n) is 5.39. The van der Waals surface area contributed by atoms with Gasteiger partial charge in [0.25, 0.3) is 0 Å². The second-order valence-electron chi connectivity index (χ2n) is 4.17. The van der Waals surface area contributed by atoms with E-state index in [9.17, 15) is 19.8 Å². The van der Waals surface area contributed by atoms with Crippen LogP contribution in [0.3, 0.4) is 0 Å². The molecule has 0 saturated heterocycles. The number of hydrogen-bond acceptors (Lipinski definition) is 6. The highest BCUT2D eigenvalue weighted by atomic mass is 16.6. The zero-order valence-electron chi connectivity index (χ0n) is 10.7. The number of carbonyl (C=O) groups is 2. The van der Waals surface area contributed by atoms with Crippen molar-refractivity contribution in [2.24, 2.45) is 0 Å². The summed E-state index contributed by atoms with van der Waals surface area (Å²) in [5.41, 5.74) is 0.748. The van der Waals surface area contributed by atoms with Gasteiger partial charge in [0.15, 0.2) is 17.2 Å². The van der Waals surface area contributed by atoms with Crippen molar-refractivity contribution in [2.75, 3.05) is 0 Å². The second kappa shape index (κ2) is 5.43. The summed E-state index contributed by atoms with van der Waals surface area (Å²) in [5.74, 6) is -3.95. The quantitative estimate of drug-likeness (QED) is 0.326. The van der Waals surface area contributed by atoms with Crippen molar-refractivity contribution in [3.63, 3.8) is 0 Å². The molecule has 3 N–H and O–H groups in total. The fourth-order valence-electron chi connectivity index (χ4n) is 1.15. The molecule has 0 unspecified atom stereocenters. The molecule has 0 fully saturated rings. The van der Waals surface area contributed by atoms with Gasteiger partial charge in [-0.05, 0) is 32.9 Å². The van der Waals surface area contributed by atoms with E-state index in [1.54, 1.807) is 13.8 Å². The minimum Gasteiger partial charge on any atom is -0.504 e. The molecular formula is C13H14O6. The van der Waals surface area contributed by atoms with Crippen molar-refractivity contribution in [3.05, 3.63) is 28.8 Å². The van der Waals surface area contributed by atoms with Crippen LogP contribution < -0.4 is 0 Å². The van der Waals surface area contributed by atoms with Crippen molar-refractivity contribution < 1.29 is 29.6 Å². The zero-order valence-corrected chi connectivity index (χ0v) is 10.7. The van der Waals surface area contributed by atoms with E-state index in [-0.39, 0.29) is 5.56 Å². The number of aromatic hydroxyl groups is 3. The van der Waals surface area contributed by atoms with Crippen molar-refractivity contribution in [1.29, 1.82) is 0 Å². The van der Waals surface area contributed by atoms with E-state index in [0.717, 1.165) is 12.1 Å². The Morgan fingerprint density at radius 2 is 1.47 bits per heavy atom. The lowest BCUT2D eigenvalue weighted by Crippen LogP contribution is -2.14. The molecule has 0 amide bonds. The Balaban J connectivity index is 2.97. The third-order valence-corrected chi connectivity index (χ3v) is 2.55.